The lowest BCUT2D eigenvalue weighted by Crippen LogP contribution is -2.44. The Kier molecular flexibility index (Phi) is 8.94. The number of hydrogen-bond donors (Lipinski definition) is 3. The maximum atomic E-state index is 14.0. The number of nitrogens with zero attached hydrogens (tertiary/aromatic N) is 2. The third kappa shape index (κ3) is 5.65. The summed E-state index contributed by atoms with van der Waals surface area (Å²) in [6.45, 7) is 3.89. The molecule has 0 saturated carbocycles. The molecule has 1 saturated heterocycles. The molecule has 1 aliphatic rings. The van der Waals surface area contributed by atoms with Gasteiger partial charge in [-0.15, -0.1) is 24.0 Å². The summed E-state index contributed by atoms with van der Waals surface area (Å²) in [5.41, 5.74) is 0.656. The summed E-state index contributed by atoms with van der Waals surface area (Å²) in [7, 11) is 1.50. The average molecular weight is 532 g/mol. The highest BCUT2D eigenvalue weighted by atomic mass is 127. The van der Waals surface area contributed by atoms with Gasteiger partial charge in [0.1, 0.15) is 17.3 Å². The third-order valence-corrected chi connectivity index (χ3v) is 4.84. The second kappa shape index (κ2) is 11.2. The van der Waals surface area contributed by atoms with Gasteiger partial charge < -0.3 is 25.4 Å². The predicted molar refractivity (Wildman–Crippen MR) is 125 cm³/mol. The first-order chi connectivity index (χ1) is 14.0. The van der Waals surface area contributed by atoms with Crippen LogP contribution in [0.25, 0.3) is 0 Å². The Morgan fingerprint density at radius 1 is 1.23 bits per heavy atom. The molecule has 1 atom stereocenters. The summed E-state index contributed by atoms with van der Waals surface area (Å²) in [6, 6.07) is 9.15. The van der Waals surface area contributed by atoms with Crippen LogP contribution in [0.15, 0.2) is 41.4 Å². The number of aliphatic imine (C=N–C) groups is 1. The number of benzene rings is 2. The van der Waals surface area contributed by atoms with Gasteiger partial charge in [-0.05, 0) is 31.5 Å². The molecule has 1 heterocycles. The highest BCUT2D eigenvalue weighted by Gasteiger charge is 2.27. The average Bonchev–Trinajstić information content (AvgIpc) is 3.15. The van der Waals surface area contributed by atoms with Gasteiger partial charge in [0.25, 0.3) is 0 Å². The van der Waals surface area contributed by atoms with E-state index >= 15 is 0 Å². The third-order valence-electron chi connectivity index (χ3n) is 4.84. The first kappa shape index (κ1) is 24.0. The van der Waals surface area contributed by atoms with Crippen molar-refractivity contribution in [3.63, 3.8) is 0 Å². The van der Waals surface area contributed by atoms with Crippen LogP contribution in [0.5, 0.6) is 11.5 Å². The van der Waals surface area contributed by atoms with Crippen LogP contribution in [0.2, 0.25) is 0 Å². The van der Waals surface area contributed by atoms with Gasteiger partial charge in [0.15, 0.2) is 17.5 Å². The molecule has 1 unspecified atom stereocenters. The highest BCUT2D eigenvalue weighted by Crippen LogP contribution is 2.30. The van der Waals surface area contributed by atoms with Gasteiger partial charge in [0.2, 0.25) is 0 Å². The Hall–Kier alpha value is -2.30. The van der Waals surface area contributed by atoms with E-state index in [1.807, 2.05) is 6.92 Å². The van der Waals surface area contributed by atoms with Crippen LogP contribution in [0.1, 0.15) is 18.9 Å². The fourth-order valence-corrected chi connectivity index (χ4v) is 3.41. The molecule has 30 heavy (non-hydrogen) atoms. The number of hydrogen-bond acceptors (Lipinski definition) is 4. The van der Waals surface area contributed by atoms with E-state index in [0.717, 1.165) is 6.42 Å². The van der Waals surface area contributed by atoms with Crippen LogP contribution >= 0.6 is 24.0 Å². The molecule has 0 amide bonds. The molecule has 0 aromatic heterocycles. The summed E-state index contributed by atoms with van der Waals surface area (Å²) in [5, 5.41) is 16.7. The molecule has 0 radical (unpaired) electrons. The van der Waals surface area contributed by atoms with Gasteiger partial charge >= 0.3 is 0 Å². The zero-order valence-corrected chi connectivity index (χ0v) is 19.3. The van der Waals surface area contributed by atoms with E-state index in [1.165, 1.54) is 25.3 Å². The number of methoxy groups -OCH3 is 1. The maximum Gasteiger partial charge on any atom is 0.191 e. The predicted octanol–water partition coefficient (Wildman–Crippen LogP) is 3.63. The van der Waals surface area contributed by atoms with Gasteiger partial charge in [0, 0.05) is 31.2 Å². The van der Waals surface area contributed by atoms with E-state index in [2.05, 4.69) is 15.6 Å². The standard InChI is InChI=1S/C21H26F2N4O2.HI/c1-3-24-21(25-12-14-6-4-9-18(29-2)20(14)28)26-15-10-11-27(13-15)19-16(22)7-5-8-17(19)23;/h4-9,15,28H,3,10-13H2,1-2H3,(H2,24,25,26);1H. The van der Waals surface area contributed by atoms with Gasteiger partial charge in [-0.1, -0.05) is 18.2 Å². The van der Waals surface area contributed by atoms with E-state index in [-0.39, 0.29) is 48.0 Å². The number of rotatable bonds is 6. The fraction of sp³-hybridized carbons (Fsp3) is 0.381. The Morgan fingerprint density at radius 2 is 1.93 bits per heavy atom. The van der Waals surface area contributed by atoms with Crippen molar-refractivity contribution in [1.82, 2.24) is 10.6 Å². The lowest BCUT2D eigenvalue weighted by atomic mass is 10.2. The van der Waals surface area contributed by atoms with Crippen LogP contribution in [-0.2, 0) is 6.54 Å². The van der Waals surface area contributed by atoms with Crippen molar-refractivity contribution in [2.45, 2.75) is 25.9 Å². The molecule has 1 fully saturated rings. The van der Waals surface area contributed by atoms with Crippen molar-refractivity contribution in [3.05, 3.63) is 53.6 Å². The SMILES string of the molecule is CCNC(=NCc1cccc(OC)c1O)NC1CCN(c2c(F)cccc2F)C1.I. The molecule has 0 spiro atoms. The Balaban J connectivity index is 0.00000320. The molecule has 0 bridgehead atoms. The molecule has 2 aromatic rings. The molecule has 0 aliphatic carbocycles. The van der Waals surface area contributed by atoms with Crippen LogP contribution in [-0.4, -0.2) is 43.9 Å². The Morgan fingerprint density at radius 3 is 2.60 bits per heavy atom. The zero-order chi connectivity index (χ0) is 20.8. The Labute approximate surface area is 192 Å². The van der Waals surface area contributed by atoms with Crippen molar-refractivity contribution in [2.24, 2.45) is 4.99 Å². The fourth-order valence-electron chi connectivity index (χ4n) is 3.41. The van der Waals surface area contributed by atoms with E-state index in [1.54, 1.807) is 23.1 Å². The number of halogens is 3. The lowest BCUT2D eigenvalue weighted by molar-refractivity contribution is 0.370. The summed E-state index contributed by atoms with van der Waals surface area (Å²) in [4.78, 5) is 6.24. The molecular formula is C21H27F2IN4O2. The highest BCUT2D eigenvalue weighted by molar-refractivity contribution is 14.0. The number of anilines is 1. The van der Waals surface area contributed by atoms with Crippen molar-refractivity contribution in [1.29, 1.82) is 0 Å². The minimum absolute atomic E-state index is 0. The second-order valence-corrected chi connectivity index (χ2v) is 6.81. The largest absolute Gasteiger partial charge is 0.504 e. The van der Waals surface area contributed by atoms with Gasteiger partial charge in [-0.25, -0.2) is 13.8 Å². The molecule has 6 nitrogen and oxygen atoms in total. The van der Waals surface area contributed by atoms with E-state index < -0.39 is 11.6 Å². The smallest absolute Gasteiger partial charge is 0.191 e. The topological polar surface area (TPSA) is 69.1 Å². The number of phenolic OH excluding ortho intramolecular Hbond substituents is 1. The molecule has 1 aliphatic heterocycles. The normalized spacial score (nSPS) is 16.2. The van der Waals surface area contributed by atoms with Crippen LogP contribution in [0.4, 0.5) is 14.5 Å². The number of phenols is 1. The first-order valence-corrected chi connectivity index (χ1v) is 9.62. The number of para-hydroxylation sites is 2. The molecule has 3 rings (SSSR count). The van der Waals surface area contributed by atoms with Crippen molar-refractivity contribution in [2.75, 3.05) is 31.6 Å². The monoisotopic (exact) mass is 532 g/mol. The molecular weight excluding hydrogens is 505 g/mol. The maximum absolute atomic E-state index is 14.0. The quantitative estimate of drug-likeness (QED) is 0.301. The van der Waals surface area contributed by atoms with Gasteiger partial charge in [-0.2, -0.15) is 0 Å². The summed E-state index contributed by atoms with van der Waals surface area (Å²) in [6.07, 6.45) is 0.725. The van der Waals surface area contributed by atoms with Crippen LogP contribution in [0, 0.1) is 11.6 Å². The molecule has 164 valence electrons. The van der Waals surface area contributed by atoms with E-state index in [9.17, 15) is 13.9 Å². The summed E-state index contributed by atoms with van der Waals surface area (Å²) < 4.78 is 33.2. The van der Waals surface area contributed by atoms with Crippen LogP contribution < -0.4 is 20.3 Å². The van der Waals surface area contributed by atoms with Gasteiger partial charge in [0.05, 0.1) is 13.7 Å². The zero-order valence-electron chi connectivity index (χ0n) is 17.0. The van der Waals surface area contributed by atoms with Crippen molar-refractivity contribution in [3.8, 4) is 11.5 Å². The summed E-state index contributed by atoms with van der Waals surface area (Å²) in [5.74, 6) is -0.0688. The minimum atomic E-state index is -0.556. The summed E-state index contributed by atoms with van der Waals surface area (Å²) >= 11 is 0. The van der Waals surface area contributed by atoms with E-state index in [0.29, 0.717) is 36.9 Å². The minimum Gasteiger partial charge on any atom is -0.504 e. The van der Waals surface area contributed by atoms with Gasteiger partial charge in [-0.3, -0.25) is 0 Å². The van der Waals surface area contributed by atoms with Crippen molar-refractivity contribution < 1.29 is 18.6 Å². The second-order valence-electron chi connectivity index (χ2n) is 6.81. The number of ether oxygens (including phenoxy) is 1. The van der Waals surface area contributed by atoms with E-state index in [4.69, 9.17) is 4.74 Å². The molecule has 3 N–H and O–H groups in total. The number of aromatic hydroxyl groups is 1. The molecule has 9 heteroatoms. The molecule has 2 aromatic carbocycles. The Bertz CT molecular complexity index is 862. The lowest BCUT2D eigenvalue weighted by Gasteiger charge is -2.21. The number of nitrogens with one attached hydrogen (secondary N) is 2. The first-order valence-electron chi connectivity index (χ1n) is 9.62. The van der Waals surface area contributed by atoms with Crippen molar-refractivity contribution >= 4 is 35.6 Å². The number of guanidine groups is 1. The van der Waals surface area contributed by atoms with Crippen LogP contribution in [0.3, 0.4) is 0 Å².